The Balaban J connectivity index is 2.67. The Morgan fingerprint density at radius 1 is 1.33 bits per heavy atom. The van der Waals surface area contributed by atoms with E-state index in [9.17, 15) is 4.79 Å². The zero-order chi connectivity index (χ0) is 15.8. The second-order valence-electron chi connectivity index (χ2n) is 4.78. The van der Waals surface area contributed by atoms with Crippen molar-refractivity contribution in [3.05, 3.63) is 22.2 Å². The number of ether oxygens (including phenoxy) is 2. The van der Waals surface area contributed by atoms with E-state index < -0.39 is 0 Å². The van der Waals surface area contributed by atoms with Crippen molar-refractivity contribution in [3.8, 4) is 11.5 Å². The molecule has 0 saturated heterocycles. The standard InChI is InChI=1S/C15H23BrN2O3/c1-4-20-13-9-11(10-17)8-12(16)15(13)21-7-5-6-14(19)18(2)3/h8-9H,4-7,10,17H2,1-3H3. The third kappa shape index (κ3) is 5.55. The van der Waals surface area contributed by atoms with Gasteiger partial charge < -0.3 is 20.1 Å². The first-order valence-electron chi connectivity index (χ1n) is 6.97. The molecule has 1 aromatic carbocycles. The molecule has 0 fully saturated rings. The molecule has 0 saturated carbocycles. The van der Waals surface area contributed by atoms with Crippen LogP contribution in [-0.4, -0.2) is 38.1 Å². The van der Waals surface area contributed by atoms with E-state index in [1.54, 1.807) is 19.0 Å². The number of rotatable bonds is 8. The minimum absolute atomic E-state index is 0.0983. The lowest BCUT2D eigenvalue weighted by Crippen LogP contribution is -2.21. The van der Waals surface area contributed by atoms with Gasteiger partial charge in [0.25, 0.3) is 0 Å². The number of nitrogens with two attached hydrogens (primary N) is 1. The highest BCUT2D eigenvalue weighted by molar-refractivity contribution is 9.10. The lowest BCUT2D eigenvalue weighted by atomic mass is 10.2. The first kappa shape index (κ1) is 17.8. The van der Waals surface area contributed by atoms with Gasteiger partial charge in [0.15, 0.2) is 11.5 Å². The van der Waals surface area contributed by atoms with Gasteiger partial charge in [-0.15, -0.1) is 0 Å². The molecule has 1 rings (SSSR count). The Hall–Kier alpha value is -1.27. The Labute approximate surface area is 134 Å². The van der Waals surface area contributed by atoms with Crippen LogP contribution in [0.5, 0.6) is 11.5 Å². The van der Waals surface area contributed by atoms with Crippen LogP contribution >= 0.6 is 15.9 Å². The number of amides is 1. The van der Waals surface area contributed by atoms with E-state index in [0.29, 0.717) is 44.1 Å². The predicted octanol–water partition coefficient (Wildman–Crippen LogP) is 2.55. The second kappa shape index (κ2) is 8.89. The Kier molecular flexibility index (Phi) is 7.53. The summed E-state index contributed by atoms with van der Waals surface area (Å²) in [6.45, 7) is 3.37. The molecule has 0 aromatic heterocycles. The summed E-state index contributed by atoms with van der Waals surface area (Å²) < 4.78 is 12.2. The van der Waals surface area contributed by atoms with Crippen LogP contribution in [0.15, 0.2) is 16.6 Å². The molecule has 21 heavy (non-hydrogen) atoms. The van der Waals surface area contributed by atoms with Crippen LogP contribution in [0, 0.1) is 0 Å². The first-order valence-corrected chi connectivity index (χ1v) is 7.77. The number of hydrogen-bond donors (Lipinski definition) is 1. The van der Waals surface area contributed by atoms with Crippen LogP contribution in [0.2, 0.25) is 0 Å². The van der Waals surface area contributed by atoms with Crippen molar-refractivity contribution in [2.45, 2.75) is 26.3 Å². The average Bonchev–Trinajstić information content (AvgIpc) is 2.45. The van der Waals surface area contributed by atoms with Crippen molar-refractivity contribution in [2.75, 3.05) is 27.3 Å². The molecule has 0 radical (unpaired) electrons. The summed E-state index contributed by atoms with van der Waals surface area (Å²) in [6.07, 6.45) is 1.13. The van der Waals surface area contributed by atoms with Crippen molar-refractivity contribution in [2.24, 2.45) is 5.73 Å². The molecule has 5 nitrogen and oxygen atoms in total. The molecule has 0 aliphatic carbocycles. The summed E-state index contributed by atoms with van der Waals surface area (Å²) in [5.74, 6) is 1.43. The van der Waals surface area contributed by atoms with Gasteiger partial charge in [-0.1, -0.05) is 0 Å². The minimum Gasteiger partial charge on any atom is -0.490 e. The fourth-order valence-corrected chi connectivity index (χ4v) is 2.37. The lowest BCUT2D eigenvalue weighted by molar-refractivity contribution is -0.128. The maximum Gasteiger partial charge on any atom is 0.222 e. The molecule has 0 heterocycles. The first-order chi connectivity index (χ1) is 9.99. The second-order valence-corrected chi connectivity index (χ2v) is 5.64. The molecule has 0 spiro atoms. The SMILES string of the molecule is CCOc1cc(CN)cc(Br)c1OCCCC(=O)N(C)C. The molecule has 0 atom stereocenters. The molecule has 1 aromatic rings. The fourth-order valence-electron chi connectivity index (χ4n) is 1.76. The number of benzene rings is 1. The Morgan fingerprint density at radius 3 is 2.62 bits per heavy atom. The third-order valence-corrected chi connectivity index (χ3v) is 3.47. The zero-order valence-electron chi connectivity index (χ0n) is 12.8. The molecule has 0 unspecified atom stereocenters. The summed E-state index contributed by atoms with van der Waals surface area (Å²) in [6, 6.07) is 3.80. The zero-order valence-corrected chi connectivity index (χ0v) is 14.4. The summed E-state index contributed by atoms with van der Waals surface area (Å²) in [5.41, 5.74) is 6.63. The molecular weight excluding hydrogens is 336 g/mol. The molecule has 0 aliphatic rings. The quantitative estimate of drug-likeness (QED) is 0.725. The topological polar surface area (TPSA) is 64.8 Å². The van der Waals surface area contributed by atoms with Crippen LogP contribution in [-0.2, 0) is 11.3 Å². The van der Waals surface area contributed by atoms with Gasteiger partial charge in [-0.2, -0.15) is 0 Å². The molecule has 0 aliphatic heterocycles. The monoisotopic (exact) mass is 358 g/mol. The largest absolute Gasteiger partial charge is 0.490 e. The highest BCUT2D eigenvalue weighted by atomic mass is 79.9. The third-order valence-electron chi connectivity index (χ3n) is 2.89. The van der Waals surface area contributed by atoms with Crippen molar-refractivity contribution in [3.63, 3.8) is 0 Å². The Morgan fingerprint density at radius 2 is 2.05 bits per heavy atom. The molecule has 2 N–H and O–H groups in total. The van der Waals surface area contributed by atoms with Crippen molar-refractivity contribution >= 4 is 21.8 Å². The highest BCUT2D eigenvalue weighted by Crippen LogP contribution is 2.37. The Bertz CT molecular complexity index is 478. The molecule has 118 valence electrons. The number of hydrogen-bond acceptors (Lipinski definition) is 4. The maximum absolute atomic E-state index is 11.5. The average molecular weight is 359 g/mol. The number of halogens is 1. The van der Waals surface area contributed by atoms with E-state index in [-0.39, 0.29) is 5.91 Å². The smallest absolute Gasteiger partial charge is 0.222 e. The lowest BCUT2D eigenvalue weighted by Gasteiger charge is -2.15. The molecular formula is C15H23BrN2O3. The summed E-state index contributed by atoms with van der Waals surface area (Å²) >= 11 is 3.48. The fraction of sp³-hybridized carbons (Fsp3) is 0.533. The van der Waals surface area contributed by atoms with E-state index in [2.05, 4.69) is 15.9 Å². The van der Waals surface area contributed by atoms with Gasteiger partial charge in [0, 0.05) is 27.1 Å². The normalized spacial score (nSPS) is 10.3. The minimum atomic E-state index is 0.0983. The van der Waals surface area contributed by atoms with Gasteiger partial charge in [-0.05, 0) is 47.0 Å². The molecule has 0 bridgehead atoms. The van der Waals surface area contributed by atoms with Crippen LogP contribution in [0.1, 0.15) is 25.3 Å². The highest BCUT2D eigenvalue weighted by Gasteiger charge is 2.12. The number of carbonyl (C=O) groups excluding carboxylic acids is 1. The summed E-state index contributed by atoms with van der Waals surface area (Å²) in [7, 11) is 3.50. The van der Waals surface area contributed by atoms with Crippen LogP contribution in [0.3, 0.4) is 0 Å². The van der Waals surface area contributed by atoms with Gasteiger partial charge in [-0.3, -0.25) is 4.79 Å². The van der Waals surface area contributed by atoms with Crippen LogP contribution < -0.4 is 15.2 Å². The van der Waals surface area contributed by atoms with Gasteiger partial charge in [0.1, 0.15) is 0 Å². The summed E-state index contributed by atoms with van der Waals surface area (Å²) in [5, 5.41) is 0. The van der Waals surface area contributed by atoms with E-state index in [1.165, 1.54) is 0 Å². The van der Waals surface area contributed by atoms with E-state index in [4.69, 9.17) is 15.2 Å². The van der Waals surface area contributed by atoms with Crippen LogP contribution in [0.4, 0.5) is 0 Å². The van der Waals surface area contributed by atoms with Crippen molar-refractivity contribution in [1.82, 2.24) is 4.90 Å². The molecule has 1 amide bonds. The number of nitrogens with zero attached hydrogens (tertiary/aromatic N) is 1. The van der Waals surface area contributed by atoms with Gasteiger partial charge in [-0.25, -0.2) is 0 Å². The molecule has 6 heteroatoms. The van der Waals surface area contributed by atoms with Crippen molar-refractivity contribution < 1.29 is 14.3 Å². The van der Waals surface area contributed by atoms with E-state index in [0.717, 1.165) is 10.0 Å². The number of carbonyl (C=O) groups is 1. The van der Waals surface area contributed by atoms with Crippen LogP contribution in [0.25, 0.3) is 0 Å². The summed E-state index contributed by atoms with van der Waals surface area (Å²) in [4.78, 5) is 13.1. The van der Waals surface area contributed by atoms with Crippen molar-refractivity contribution in [1.29, 1.82) is 0 Å². The van der Waals surface area contributed by atoms with E-state index >= 15 is 0 Å². The maximum atomic E-state index is 11.5. The predicted molar refractivity (Wildman–Crippen MR) is 86.6 cm³/mol. The van der Waals surface area contributed by atoms with E-state index in [1.807, 2.05) is 19.1 Å². The van der Waals surface area contributed by atoms with Gasteiger partial charge in [0.05, 0.1) is 17.7 Å². The van der Waals surface area contributed by atoms with Gasteiger partial charge >= 0.3 is 0 Å². The van der Waals surface area contributed by atoms with Gasteiger partial charge in [0.2, 0.25) is 5.91 Å².